The van der Waals surface area contributed by atoms with Crippen LogP contribution in [0, 0.1) is 0 Å². The number of benzene rings is 1. The number of nitrogens with zero attached hydrogens (tertiary/aromatic N) is 2. The van der Waals surface area contributed by atoms with Crippen molar-refractivity contribution in [3.63, 3.8) is 0 Å². The highest BCUT2D eigenvalue weighted by Gasteiger charge is 2.26. The number of nitrogens with one attached hydrogen (secondary N) is 2. The van der Waals surface area contributed by atoms with Gasteiger partial charge < -0.3 is 15.5 Å². The van der Waals surface area contributed by atoms with Crippen molar-refractivity contribution in [3.05, 3.63) is 30.3 Å². The molecule has 2 N–H and O–H groups in total. The summed E-state index contributed by atoms with van der Waals surface area (Å²) in [5, 5.41) is 5.49. The fourth-order valence-electron chi connectivity index (χ4n) is 2.83. The zero-order chi connectivity index (χ0) is 19.2. The van der Waals surface area contributed by atoms with Crippen LogP contribution in [0.5, 0.6) is 0 Å². The molecule has 1 fully saturated rings. The third kappa shape index (κ3) is 6.49. The zero-order valence-corrected chi connectivity index (χ0v) is 16.7. The van der Waals surface area contributed by atoms with Crippen molar-refractivity contribution in [2.45, 2.75) is 32.7 Å². The summed E-state index contributed by atoms with van der Waals surface area (Å²) in [5.41, 5.74) is 0.813. The predicted octanol–water partition coefficient (Wildman–Crippen LogP) is 1.63. The lowest BCUT2D eigenvalue weighted by molar-refractivity contribution is 0.232. The van der Waals surface area contributed by atoms with E-state index in [0.29, 0.717) is 39.1 Å². The van der Waals surface area contributed by atoms with Gasteiger partial charge in [-0.25, -0.2) is 13.2 Å². The summed E-state index contributed by atoms with van der Waals surface area (Å²) in [4.78, 5) is 13.9. The largest absolute Gasteiger partial charge is 0.369 e. The topological polar surface area (TPSA) is 81.8 Å². The van der Waals surface area contributed by atoms with Gasteiger partial charge in [-0.15, -0.1) is 0 Å². The predicted molar refractivity (Wildman–Crippen MR) is 105 cm³/mol. The summed E-state index contributed by atoms with van der Waals surface area (Å²) in [6, 6.07) is 9.76. The van der Waals surface area contributed by atoms with Gasteiger partial charge in [-0.1, -0.05) is 18.2 Å². The fraction of sp³-hybridized carbons (Fsp3) is 0.611. The Morgan fingerprint density at radius 1 is 1.08 bits per heavy atom. The van der Waals surface area contributed by atoms with Crippen molar-refractivity contribution in [1.29, 1.82) is 0 Å². The molecule has 1 aromatic carbocycles. The molecule has 1 aliphatic rings. The molecule has 2 amide bonds. The van der Waals surface area contributed by atoms with E-state index in [1.807, 2.05) is 51.1 Å². The molecule has 0 aromatic heterocycles. The van der Waals surface area contributed by atoms with Crippen LogP contribution in [0.4, 0.5) is 10.5 Å². The molecule has 0 unspecified atom stereocenters. The number of rotatable bonds is 6. The Labute approximate surface area is 156 Å². The zero-order valence-electron chi connectivity index (χ0n) is 15.9. The number of hydrogen-bond donors (Lipinski definition) is 2. The van der Waals surface area contributed by atoms with Gasteiger partial charge in [0.2, 0.25) is 10.0 Å². The quantitative estimate of drug-likeness (QED) is 0.733. The van der Waals surface area contributed by atoms with Gasteiger partial charge in [-0.3, -0.25) is 0 Å². The highest BCUT2D eigenvalue weighted by Crippen LogP contribution is 2.17. The molecule has 0 bridgehead atoms. The molecule has 146 valence electrons. The standard InChI is InChI=1S/C18H30N4O3S/c1-18(2,3)20-17(23)19-10-7-15-26(24,25)22-13-11-21(12-14-22)16-8-5-4-6-9-16/h4-6,8-9H,7,10-15H2,1-3H3,(H2,19,20,23). The SMILES string of the molecule is CC(C)(C)NC(=O)NCCCS(=O)(=O)N1CCN(c2ccccc2)CC1. The lowest BCUT2D eigenvalue weighted by atomic mass is 10.1. The van der Waals surface area contributed by atoms with E-state index in [-0.39, 0.29) is 17.3 Å². The van der Waals surface area contributed by atoms with Crippen LogP contribution < -0.4 is 15.5 Å². The minimum Gasteiger partial charge on any atom is -0.369 e. The molecule has 0 atom stereocenters. The molecule has 0 radical (unpaired) electrons. The highest BCUT2D eigenvalue weighted by molar-refractivity contribution is 7.89. The van der Waals surface area contributed by atoms with E-state index in [1.54, 1.807) is 4.31 Å². The maximum atomic E-state index is 12.5. The van der Waals surface area contributed by atoms with E-state index in [4.69, 9.17) is 0 Å². The summed E-state index contributed by atoms with van der Waals surface area (Å²) in [5.74, 6) is 0.0497. The molecular weight excluding hydrogens is 352 g/mol. The Balaban J connectivity index is 1.73. The molecule has 26 heavy (non-hydrogen) atoms. The Hall–Kier alpha value is -1.80. The molecule has 2 rings (SSSR count). The van der Waals surface area contributed by atoms with Crippen molar-refractivity contribution in [2.24, 2.45) is 0 Å². The number of sulfonamides is 1. The van der Waals surface area contributed by atoms with Crippen molar-refractivity contribution in [3.8, 4) is 0 Å². The lowest BCUT2D eigenvalue weighted by Gasteiger charge is -2.35. The van der Waals surface area contributed by atoms with Gasteiger partial charge in [-0.05, 0) is 39.3 Å². The smallest absolute Gasteiger partial charge is 0.315 e. The first-order chi connectivity index (χ1) is 12.2. The lowest BCUT2D eigenvalue weighted by Crippen LogP contribution is -2.49. The summed E-state index contributed by atoms with van der Waals surface area (Å²) < 4.78 is 26.5. The number of carbonyl (C=O) groups is 1. The first kappa shape index (κ1) is 20.5. The second kappa shape index (κ2) is 8.73. The Morgan fingerprint density at radius 3 is 2.27 bits per heavy atom. The minimum absolute atomic E-state index is 0.0497. The summed E-state index contributed by atoms with van der Waals surface area (Å²) in [6.07, 6.45) is 0.402. The number of hydrogen-bond acceptors (Lipinski definition) is 4. The molecule has 1 aliphatic heterocycles. The van der Waals surface area contributed by atoms with Crippen LogP contribution in [0.3, 0.4) is 0 Å². The van der Waals surface area contributed by atoms with Crippen molar-refractivity contribution >= 4 is 21.7 Å². The van der Waals surface area contributed by atoms with E-state index in [0.717, 1.165) is 5.69 Å². The van der Waals surface area contributed by atoms with E-state index in [9.17, 15) is 13.2 Å². The van der Waals surface area contributed by atoms with Gasteiger partial charge in [0, 0.05) is 44.0 Å². The van der Waals surface area contributed by atoms with Gasteiger partial charge in [0.15, 0.2) is 0 Å². The maximum Gasteiger partial charge on any atom is 0.315 e. The van der Waals surface area contributed by atoms with E-state index in [2.05, 4.69) is 15.5 Å². The monoisotopic (exact) mass is 382 g/mol. The highest BCUT2D eigenvalue weighted by atomic mass is 32.2. The number of urea groups is 1. The van der Waals surface area contributed by atoms with Crippen LogP contribution in [0.1, 0.15) is 27.2 Å². The third-order valence-corrected chi connectivity index (χ3v) is 6.06. The Morgan fingerprint density at radius 2 is 1.69 bits per heavy atom. The van der Waals surface area contributed by atoms with Crippen LogP contribution in [0.15, 0.2) is 30.3 Å². The maximum absolute atomic E-state index is 12.5. The molecule has 0 spiro atoms. The average molecular weight is 383 g/mol. The molecule has 1 aromatic rings. The van der Waals surface area contributed by atoms with Gasteiger partial charge in [0.05, 0.1) is 5.75 Å². The summed E-state index contributed by atoms with van der Waals surface area (Å²) in [6.45, 7) is 8.39. The summed E-state index contributed by atoms with van der Waals surface area (Å²) >= 11 is 0. The molecule has 0 saturated carbocycles. The van der Waals surface area contributed by atoms with E-state index < -0.39 is 10.0 Å². The molecule has 8 heteroatoms. The Kier molecular flexibility index (Phi) is 6.88. The van der Waals surface area contributed by atoms with Crippen LogP contribution >= 0.6 is 0 Å². The van der Waals surface area contributed by atoms with Crippen LogP contribution in [0.2, 0.25) is 0 Å². The van der Waals surface area contributed by atoms with Crippen LogP contribution in [-0.4, -0.2) is 62.8 Å². The third-order valence-electron chi connectivity index (χ3n) is 4.11. The fourth-order valence-corrected chi connectivity index (χ4v) is 4.32. The summed E-state index contributed by atoms with van der Waals surface area (Å²) in [7, 11) is -3.29. The molecule has 1 heterocycles. The first-order valence-corrected chi connectivity index (χ1v) is 10.6. The number of piperazine rings is 1. The van der Waals surface area contributed by atoms with Crippen LogP contribution in [0.25, 0.3) is 0 Å². The van der Waals surface area contributed by atoms with Gasteiger partial charge >= 0.3 is 6.03 Å². The van der Waals surface area contributed by atoms with Crippen molar-refractivity contribution < 1.29 is 13.2 Å². The number of anilines is 1. The van der Waals surface area contributed by atoms with Crippen LogP contribution in [-0.2, 0) is 10.0 Å². The van der Waals surface area contributed by atoms with Crippen molar-refractivity contribution in [2.75, 3.05) is 43.4 Å². The van der Waals surface area contributed by atoms with E-state index in [1.165, 1.54) is 0 Å². The normalized spacial score (nSPS) is 16.3. The first-order valence-electron chi connectivity index (χ1n) is 9.01. The molecule has 0 aliphatic carbocycles. The van der Waals surface area contributed by atoms with Crippen molar-refractivity contribution in [1.82, 2.24) is 14.9 Å². The minimum atomic E-state index is -3.29. The molecular formula is C18H30N4O3S. The van der Waals surface area contributed by atoms with Gasteiger partial charge in [0.25, 0.3) is 0 Å². The second-order valence-corrected chi connectivity index (χ2v) is 9.61. The van der Waals surface area contributed by atoms with E-state index >= 15 is 0 Å². The van der Waals surface area contributed by atoms with Gasteiger partial charge in [0.1, 0.15) is 0 Å². The molecule has 7 nitrogen and oxygen atoms in total. The number of amides is 2. The van der Waals surface area contributed by atoms with Gasteiger partial charge in [-0.2, -0.15) is 4.31 Å². The second-order valence-electron chi connectivity index (χ2n) is 7.52. The Bertz CT molecular complexity index is 678. The molecule has 1 saturated heterocycles. The number of carbonyl (C=O) groups excluding carboxylic acids is 1. The average Bonchev–Trinajstić information content (AvgIpc) is 2.58. The number of para-hydroxylation sites is 1.